The number of aliphatic hydroxyl groups excluding tert-OH is 1. The summed E-state index contributed by atoms with van der Waals surface area (Å²) in [7, 11) is 0. The number of benzene rings is 1. The summed E-state index contributed by atoms with van der Waals surface area (Å²) in [6.07, 6.45) is -0.830. The molecule has 120 valence electrons. The summed E-state index contributed by atoms with van der Waals surface area (Å²) in [5.41, 5.74) is 0.833. The quantitative estimate of drug-likeness (QED) is 0.881. The lowest BCUT2D eigenvalue weighted by Crippen LogP contribution is -2.62. The Hall–Kier alpha value is -1.79. The molecule has 7 heteroatoms. The molecule has 2 rings (SSSR count). The summed E-state index contributed by atoms with van der Waals surface area (Å²) in [5, 5.41) is 19.3. The van der Waals surface area contributed by atoms with Crippen LogP contribution in [0.15, 0.2) is 24.3 Å². The molecule has 0 saturated carbocycles. The van der Waals surface area contributed by atoms with Crippen LogP contribution < -0.4 is 0 Å². The van der Waals surface area contributed by atoms with Crippen LogP contribution in [0.4, 0.5) is 4.79 Å². The number of hydrogen-bond acceptors (Lipinski definition) is 3. The third kappa shape index (κ3) is 3.51. The number of hydrogen-bond donors (Lipinski definition) is 2. The summed E-state index contributed by atoms with van der Waals surface area (Å²) in [6.45, 7) is 1.97. The van der Waals surface area contributed by atoms with Gasteiger partial charge in [-0.1, -0.05) is 23.7 Å². The molecule has 2 amide bonds. The van der Waals surface area contributed by atoms with E-state index >= 15 is 0 Å². The van der Waals surface area contributed by atoms with Gasteiger partial charge in [0.05, 0.1) is 25.1 Å². The topological polar surface area (TPSA) is 81.1 Å². The van der Waals surface area contributed by atoms with E-state index in [1.165, 1.54) is 4.90 Å². The van der Waals surface area contributed by atoms with Crippen LogP contribution in [-0.2, 0) is 11.2 Å². The summed E-state index contributed by atoms with van der Waals surface area (Å²) in [6, 6.07) is 6.04. The van der Waals surface area contributed by atoms with Gasteiger partial charge in [-0.3, -0.25) is 4.79 Å². The molecule has 0 aliphatic carbocycles. The van der Waals surface area contributed by atoms with Crippen LogP contribution in [0.1, 0.15) is 12.5 Å². The normalized spacial score (nSPS) is 21.8. The zero-order chi connectivity index (χ0) is 16.3. The molecule has 1 fully saturated rings. The van der Waals surface area contributed by atoms with Crippen LogP contribution in [0, 0.1) is 0 Å². The van der Waals surface area contributed by atoms with E-state index in [1.54, 1.807) is 36.1 Å². The van der Waals surface area contributed by atoms with Crippen molar-refractivity contribution in [1.29, 1.82) is 0 Å². The molecule has 1 heterocycles. The standard InChI is InChI=1S/C15H19ClN2O4/c1-10-13(9-19)18(7-6-17(10)15(21)22)14(20)8-11-2-4-12(16)5-3-11/h2-5,10,13,19H,6-9H2,1H3,(H,21,22). The van der Waals surface area contributed by atoms with Gasteiger partial charge in [-0.2, -0.15) is 0 Å². The Balaban J connectivity index is 2.08. The van der Waals surface area contributed by atoms with Gasteiger partial charge in [0.15, 0.2) is 0 Å². The molecular weight excluding hydrogens is 308 g/mol. The van der Waals surface area contributed by atoms with Crippen LogP contribution in [-0.4, -0.2) is 63.8 Å². The van der Waals surface area contributed by atoms with Crippen LogP contribution in [0.25, 0.3) is 0 Å². The second-order valence-electron chi connectivity index (χ2n) is 5.36. The van der Waals surface area contributed by atoms with Gasteiger partial charge >= 0.3 is 6.09 Å². The van der Waals surface area contributed by atoms with Crippen molar-refractivity contribution >= 4 is 23.6 Å². The van der Waals surface area contributed by atoms with Gasteiger partial charge in [0.2, 0.25) is 5.91 Å². The highest BCUT2D eigenvalue weighted by atomic mass is 35.5. The molecule has 1 aliphatic rings. The summed E-state index contributed by atoms with van der Waals surface area (Å²) >= 11 is 5.82. The van der Waals surface area contributed by atoms with Crippen LogP contribution in [0.5, 0.6) is 0 Å². The molecule has 0 bridgehead atoms. The Morgan fingerprint density at radius 2 is 1.82 bits per heavy atom. The fourth-order valence-electron chi connectivity index (χ4n) is 2.76. The van der Waals surface area contributed by atoms with Gasteiger partial charge in [0, 0.05) is 18.1 Å². The third-order valence-electron chi connectivity index (χ3n) is 4.05. The van der Waals surface area contributed by atoms with E-state index in [1.807, 2.05) is 0 Å². The fourth-order valence-corrected chi connectivity index (χ4v) is 2.89. The average molecular weight is 327 g/mol. The van der Waals surface area contributed by atoms with Crippen molar-refractivity contribution in [3.05, 3.63) is 34.9 Å². The molecule has 0 aromatic heterocycles. The minimum atomic E-state index is -1.03. The monoisotopic (exact) mass is 326 g/mol. The van der Waals surface area contributed by atoms with Gasteiger partial charge in [-0.25, -0.2) is 4.79 Å². The highest BCUT2D eigenvalue weighted by Gasteiger charge is 2.37. The summed E-state index contributed by atoms with van der Waals surface area (Å²) in [5.74, 6) is -0.127. The number of aliphatic hydroxyl groups is 1. The van der Waals surface area contributed by atoms with E-state index in [4.69, 9.17) is 16.7 Å². The molecule has 22 heavy (non-hydrogen) atoms. The number of piperazine rings is 1. The number of carboxylic acid groups (broad SMARTS) is 1. The molecule has 1 aliphatic heterocycles. The number of rotatable bonds is 3. The van der Waals surface area contributed by atoms with Crippen LogP contribution in [0.2, 0.25) is 5.02 Å². The third-order valence-corrected chi connectivity index (χ3v) is 4.30. The first-order valence-corrected chi connectivity index (χ1v) is 7.46. The van der Waals surface area contributed by atoms with Gasteiger partial charge in [-0.15, -0.1) is 0 Å². The molecule has 1 saturated heterocycles. The molecule has 6 nitrogen and oxygen atoms in total. The minimum absolute atomic E-state index is 0.127. The fraction of sp³-hybridized carbons (Fsp3) is 0.467. The zero-order valence-corrected chi connectivity index (χ0v) is 13.0. The van der Waals surface area contributed by atoms with Crippen LogP contribution in [0.3, 0.4) is 0 Å². The Morgan fingerprint density at radius 1 is 1.23 bits per heavy atom. The Bertz CT molecular complexity index is 549. The smallest absolute Gasteiger partial charge is 0.407 e. The molecular formula is C15H19ClN2O4. The van der Waals surface area contributed by atoms with Crippen molar-refractivity contribution in [2.24, 2.45) is 0 Å². The largest absolute Gasteiger partial charge is 0.465 e. The molecule has 2 atom stereocenters. The highest BCUT2D eigenvalue weighted by molar-refractivity contribution is 6.30. The van der Waals surface area contributed by atoms with Crippen molar-refractivity contribution < 1.29 is 19.8 Å². The van der Waals surface area contributed by atoms with E-state index in [2.05, 4.69) is 0 Å². The second-order valence-corrected chi connectivity index (χ2v) is 5.79. The maximum absolute atomic E-state index is 12.5. The van der Waals surface area contributed by atoms with Crippen molar-refractivity contribution in [2.45, 2.75) is 25.4 Å². The maximum Gasteiger partial charge on any atom is 0.407 e. The van der Waals surface area contributed by atoms with E-state index in [0.717, 1.165) is 5.56 Å². The van der Waals surface area contributed by atoms with E-state index in [0.29, 0.717) is 5.02 Å². The van der Waals surface area contributed by atoms with Gasteiger partial charge < -0.3 is 20.0 Å². The Labute approximate surface area is 133 Å². The predicted octanol–water partition coefficient (Wildman–Crippen LogP) is 1.45. The van der Waals surface area contributed by atoms with Gasteiger partial charge in [0.1, 0.15) is 0 Å². The van der Waals surface area contributed by atoms with Crippen LogP contribution >= 0.6 is 11.6 Å². The lowest BCUT2D eigenvalue weighted by molar-refractivity contribution is -0.138. The first kappa shape index (κ1) is 16.6. The maximum atomic E-state index is 12.5. The van der Waals surface area contributed by atoms with E-state index in [9.17, 15) is 14.7 Å². The lowest BCUT2D eigenvalue weighted by atomic mass is 10.0. The van der Waals surface area contributed by atoms with E-state index in [-0.39, 0.29) is 32.0 Å². The summed E-state index contributed by atoms with van der Waals surface area (Å²) < 4.78 is 0. The van der Waals surface area contributed by atoms with E-state index < -0.39 is 18.2 Å². The number of halogens is 1. The second kappa shape index (κ2) is 6.98. The summed E-state index contributed by atoms with van der Waals surface area (Å²) in [4.78, 5) is 26.4. The average Bonchev–Trinajstić information content (AvgIpc) is 2.48. The van der Waals surface area contributed by atoms with Crippen molar-refractivity contribution in [2.75, 3.05) is 19.7 Å². The number of nitrogens with zero attached hydrogens (tertiary/aromatic N) is 2. The molecule has 1 aromatic rings. The molecule has 0 spiro atoms. The number of carbonyl (C=O) groups excluding carboxylic acids is 1. The predicted molar refractivity (Wildman–Crippen MR) is 81.9 cm³/mol. The number of carbonyl (C=O) groups is 2. The first-order valence-electron chi connectivity index (χ1n) is 7.08. The Kier molecular flexibility index (Phi) is 5.26. The molecule has 2 unspecified atom stereocenters. The van der Waals surface area contributed by atoms with Crippen molar-refractivity contribution in [3.63, 3.8) is 0 Å². The lowest BCUT2D eigenvalue weighted by Gasteiger charge is -2.44. The van der Waals surface area contributed by atoms with Gasteiger partial charge in [-0.05, 0) is 24.6 Å². The molecule has 1 aromatic carbocycles. The molecule has 2 N–H and O–H groups in total. The van der Waals surface area contributed by atoms with Crippen molar-refractivity contribution in [1.82, 2.24) is 9.80 Å². The zero-order valence-electron chi connectivity index (χ0n) is 12.3. The van der Waals surface area contributed by atoms with Crippen molar-refractivity contribution in [3.8, 4) is 0 Å². The minimum Gasteiger partial charge on any atom is -0.465 e. The Morgan fingerprint density at radius 3 is 2.36 bits per heavy atom. The molecule has 0 radical (unpaired) electrons. The first-order chi connectivity index (χ1) is 10.4. The number of amides is 2. The highest BCUT2D eigenvalue weighted by Crippen LogP contribution is 2.19. The SMILES string of the molecule is CC1C(CO)N(C(=O)Cc2ccc(Cl)cc2)CCN1C(=O)O. The van der Waals surface area contributed by atoms with Gasteiger partial charge in [0.25, 0.3) is 0 Å².